The van der Waals surface area contributed by atoms with Crippen LogP contribution in [0, 0.1) is 23.2 Å². The van der Waals surface area contributed by atoms with Gasteiger partial charge in [-0.1, -0.05) is 59.5 Å². The number of tetrazole rings is 1. The Bertz CT molecular complexity index is 3740. The molecule has 2 aromatic carbocycles. The number of nitrogens with two attached hydrogens (primary N) is 2. The number of nitrogens with zero attached hydrogens (tertiary/aromatic N) is 21. The molecule has 86 heavy (non-hydrogen) atoms. The number of benzene rings is 2. The van der Waals surface area contributed by atoms with Gasteiger partial charge in [-0.15, -0.1) is 25.2 Å². The van der Waals surface area contributed by atoms with Crippen LogP contribution in [0.3, 0.4) is 0 Å². The minimum Gasteiger partial charge on any atom is -0.369 e. The van der Waals surface area contributed by atoms with Gasteiger partial charge in [-0.05, 0) is 84.4 Å². The molecular formula is C55H72N26O3SiSn. The number of carbonyl (C=O) groups is 2. The van der Waals surface area contributed by atoms with Crippen molar-refractivity contribution in [1.82, 2.24) is 90.1 Å². The molecule has 0 bridgehead atoms. The summed E-state index contributed by atoms with van der Waals surface area (Å²) in [5, 5.41) is 54.9. The Morgan fingerprint density at radius 3 is 1.62 bits per heavy atom. The molecule has 31 heteroatoms. The molecule has 0 spiro atoms. The van der Waals surface area contributed by atoms with Gasteiger partial charge in [0.05, 0.1) is 55.2 Å². The minimum absolute atomic E-state index is 0.101. The van der Waals surface area contributed by atoms with E-state index in [0.29, 0.717) is 78.8 Å². The third-order valence-electron chi connectivity index (χ3n) is 14.2. The van der Waals surface area contributed by atoms with Crippen LogP contribution < -0.4 is 22.1 Å². The second kappa shape index (κ2) is 30.7. The number of aromatic nitrogens is 18. The van der Waals surface area contributed by atoms with E-state index in [1.807, 2.05) is 91.4 Å². The van der Waals surface area contributed by atoms with E-state index in [-0.39, 0.29) is 35.7 Å². The SMILES string of the molecule is CCC[CH2][Sn](=[O])[CH2]CCC.C[Si](C)(C)N=[N+]=[N-].N#CCCn1cc(-c2ccc(-n3nnc4cnc(N[C@@H]5CC[C@@H](C(N)=O)C5)nc43)cc2)cn1.NC(=O)[C@@H]1CC[C@@H](Nc2ncc3nnn(-c4ccc(-c5cnn(CCc6nn[nH]n6)c5)cc4)c3n2)C1. The summed E-state index contributed by atoms with van der Waals surface area (Å²) in [7, 11) is -1.45. The number of hydrogen-bond donors (Lipinski definition) is 5. The number of fused-ring (bicyclic) bond motifs is 2. The van der Waals surface area contributed by atoms with Crippen molar-refractivity contribution in [2.75, 3.05) is 10.6 Å². The number of azide groups is 1. The smallest absolute Gasteiger partial charge is 0.225 e. The summed E-state index contributed by atoms with van der Waals surface area (Å²) in [5.74, 6) is 0.892. The molecule has 29 nitrogen and oxygen atoms in total. The molecule has 2 aliphatic rings. The molecule has 2 amide bonds. The molecule has 7 aromatic heterocycles. The number of amides is 2. The van der Waals surface area contributed by atoms with Gasteiger partial charge in [-0.2, -0.15) is 40.0 Å². The summed E-state index contributed by atoms with van der Waals surface area (Å²) in [6.07, 6.45) is 21.3. The number of carbonyl (C=O) groups excluding carboxylic acids is 2. The first-order chi connectivity index (χ1) is 41.6. The topological polar surface area (TPSA) is 403 Å². The van der Waals surface area contributed by atoms with Crippen molar-refractivity contribution in [3.8, 4) is 39.7 Å². The van der Waals surface area contributed by atoms with E-state index in [9.17, 15) is 12.7 Å². The molecule has 0 saturated heterocycles. The average Bonchev–Trinajstić information content (AvgIpc) is 2.40. The average molecular weight is 1290 g/mol. The predicted molar refractivity (Wildman–Crippen MR) is 326 cm³/mol. The molecule has 9 aromatic rings. The third-order valence-corrected chi connectivity index (χ3v) is 20.1. The van der Waals surface area contributed by atoms with Crippen molar-refractivity contribution in [1.29, 1.82) is 5.26 Å². The summed E-state index contributed by atoms with van der Waals surface area (Å²) in [5.41, 5.74) is 26.8. The molecular weight excluding hydrogens is 1220 g/mol. The minimum atomic E-state index is -1.99. The predicted octanol–water partition coefficient (Wildman–Crippen LogP) is 8.09. The quantitative estimate of drug-likeness (QED) is 0.0185. The summed E-state index contributed by atoms with van der Waals surface area (Å²) >= 11 is -1.99. The fraction of sp³-hybridized carbons (Fsp3) is 0.455. The van der Waals surface area contributed by atoms with E-state index in [1.165, 1.54) is 25.7 Å². The second-order valence-electron chi connectivity index (χ2n) is 22.0. The monoisotopic (exact) mass is 1290 g/mol. The normalized spacial score (nSPS) is 16.1. The Kier molecular flexibility index (Phi) is 22.5. The Morgan fingerprint density at radius 2 is 1.22 bits per heavy atom. The maximum atomic E-state index is 11.5. The number of aromatic amines is 1. The van der Waals surface area contributed by atoms with E-state index in [1.54, 1.807) is 32.6 Å². The van der Waals surface area contributed by atoms with Crippen LogP contribution in [0.2, 0.25) is 28.5 Å². The zero-order valence-corrected chi connectivity index (χ0v) is 52.8. The zero-order valence-electron chi connectivity index (χ0n) is 49.0. The standard InChI is InChI=1S/C22H23N13O.C22H22N10O.2C4H9.C3H9N3Si.O.Sn/c23-20(36)14-1-4-16(9-14)26-22-24-11-18-21(27-22)35(33-28-18)17-5-2-13(3-6-17)15-10-25-34(12-15)8-7-19-29-31-32-30-19;23-8-1-9-31-13-16(11-26-31)14-3-6-18(7-4-14)32-21-19(29-30-32)12-25-22(28-21)27-17-5-2-15(10-17)20(24)33;2*1-3-4-2;1-7(2,3)6-5-4;;/h2-3,5-6,10-12,14,16H,1,4,7-9H2,(H2,23,36)(H,24,26,27)(H,29,30,31,32);3-4,6-7,11-13,15,17H,1-2,5,9-10H2,(H2,24,33)(H,25,27,28);2*1,3-4H2,2H3;1-3H3;;/t14-,16-;15-,17-;;;;;/m11...../s1. The molecule has 4 atom stereocenters. The Morgan fingerprint density at radius 1 is 0.733 bits per heavy atom. The fourth-order valence-electron chi connectivity index (χ4n) is 9.59. The molecule has 7 N–H and O–H groups in total. The van der Waals surface area contributed by atoms with E-state index < -0.39 is 28.0 Å². The third kappa shape index (κ3) is 18.0. The van der Waals surface area contributed by atoms with Gasteiger partial charge < -0.3 is 22.1 Å². The number of H-pyrrole nitrogens is 1. The number of primary amides is 2. The van der Waals surface area contributed by atoms with E-state index in [4.69, 9.17) is 22.3 Å². The first kappa shape index (κ1) is 63.1. The van der Waals surface area contributed by atoms with Crippen LogP contribution in [0.1, 0.15) is 90.3 Å². The van der Waals surface area contributed by atoms with Crippen LogP contribution in [-0.4, -0.2) is 142 Å². The van der Waals surface area contributed by atoms with Crippen molar-refractivity contribution in [2.24, 2.45) is 28.1 Å². The number of hydrogen-bond acceptors (Lipinski definition) is 20. The first-order valence-electron chi connectivity index (χ1n) is 28.8. The summed E-state index contributed by atoms with van der Waals surface area (Å²) in [6.45, 7) is 11.5. The molecule has 0 aliphatic heterocycles. The summed E-state index contributed by atoms with van der Waals surface area (Å²) in [6, 6.07) is 18.1. The van der Waals surface area contributed by atoms with Crippen LogP contribution in [0.5, 0.6) is 0 Å². The van der Waals surface area contributed by atoms with Gasteiger partial charge in [0.15, 0.2) is 28.2 Å². The van der Waals surface area contributed by atoms with Crippen molar-refractivity contribution in [3.63, 3.8) is 0 Å². The van der Waals surface area contributed by atoms with Crippen molar-refractivity contribution in [2.45, 2.75) is 145 Å². The van der Waals surface area contributed by atoms with E-state index >= 15 is 0 Å². The number of nitrogens with one attached hydrogen (secondary N) is 3. The Hall–Kier alpha value is -8.95. The van der Waals surface area contributed by atoms with Gasteiger partial charge >= 0.3 is 71.2 Å². The summed E-state index contributed by atoms with van der Waals surface area (Å²) < 4.78 is 23.9. The van der Waals surface area contributed by atoms with E-state index in [0.717, 1.165) is 68.2 Å². The summed E-state index contributed by atoms with van der Waals surface area (Å²) in [4.78, 5) is 43.5. The molecule has 448 valence electrons. The molecule has 2 aliphatic carbocycles. The number of unbranched alkanes of at least 4 members (excludes halogenated alkanes) is 2. The van der Waals surface area contributed by atoms with Crippen molar-refractivity contribution < 1.29 is 12.7 Å². The molecule has 2 fully saturated rings. The van der Waals surface area contributed by atoms with Crippen LogP contribution >= 0.6 is 0 Å². The van der Waals surface area contributed by atoms with Gasteiger partial charge in [0.1, 0.15) is 8.24 Å². The maximum absolute atomic E-state index is 11.5. The van der Waals surface area contributed by atoms with Crippen molar-refractivity contribution in [3.05, 3.63) is 102 Å². The Balaban J connectivity index is 0.000000177. The molecule has 11 rings (SSSR count). The zero-order chi connectivity index (χ0) is 61.0. The van der Waals surface area contributed by atoms with Gasteiger partial charge in [-0.3, -0.25) is 19.0 Å². The Labute approximate surface area is 504 Å². The molecule has 0 radical (unpaired) electrons. The maximum Gasteiger partial charge on any atom is 0.225 e. The van der Waals surface area contributed by atoms with Gasteiger partial charge in [0, 0.05) is 60.4 Å². The largest absolute Gasteiger partial charge is 0.369 e. The first-order valence-corrected chi connectivity index (χ1v) is 37.5. The van der Waals surface area contributed by atoms with Crippen LogP contribution in [0.4, 0.5) is 11.9 Å². The number of anilines is 2. The van der Waals surface area contributed by atoms with Crippen LogP contribution in [-0.2, 0) is 32.2 Å². The van der Waals surface area contributed by atoms with Gasteiger partial charge in [0.2, 0.25) is 23.7 Å². The number of aryl methyl sites for hydroxylation is 3. The van der Waals surface area contributed by atoms with Crippen molar-refractivity contribution >= 4 is 74.0 Å². The second-order valence-corrected chi connectivity index (χ2v) is 32.5. The number of nitriles is 1. The van der Waals surface area contributed by atoms with Crippen LogP contribution in [0.25, 0.3) is 66.4 Å². The van der Waals surface area contributed by atoms with Crippen LogP contribution in [0.15, 0.2) is 90.5 Å². The molecule has 7 heterocycles. The van der Waals surface area contributed by atoms with E-state index in [2.05, 4.69) is 112 Å². The molecule has 0 unspecified atom stereocenters. The fourth-order valence-corrected chi connectivity index (χ4v) is 14.8. The number of rotatable bonds is 22. The van der Waals surface area contributed by atoms with Gasteiger partial charge in [-0.25, -0.2) is 9.97 Å². The van der Waals surface area contributed by atoms with Gasteiger partial charge in [0.25, 0.3) is 0 Å². The molecule has 2 saturated carbocycles.